The average molecular weight is 279 g/mol. The summed E-state index contributed by atoms with van der Waals surface area (Å²) >= 11 is 0. The first-order chi connectivity index (χ1) is 10.1. The second kappa shape index (κ2) is 5.65. The van der Waals surface area contributed by atoms with Gasteiger partial charge in [0.25, 0.3) is 0 Å². The van der Waals surface area contributed by atoms with Gasteiger partial charge in [0.1, 0.15) is 0 Å². The van der Waals surface area contributed by atoms with Gasteiger partial charge in [0.2, 0.25) is 0 Å². The third-order valence-corrected chi connectivity index (χ3v) is 4.99. The molecule has 21 heavy (non-hydrogen) atoms. The third kappa shape index (κ3) is 2.63. The molecule has 1 nitrogen and oxygen atoms in total. The fourth-order valence-corrected chi connectivity index (χ4v) is 3.68. The van der Waals surface area contributed by atoms with Gasteiger partial charge >= 0.3 is 0 Å². The lowest BCUT2D eigenvalue weighted by Gasteiger charge is -2.37. The number of aryl methyl sites for hydroxylation is 2. The van der Waals surface area contributed by atoms with Crippen molar-refractivity contribution in [1.29, 1.82) is 0 Å². The molecular formula is C20H25N. The van der Waals surface area contributed by atoms with Crippen molar-refractivity contribution in [2.24, 2.45) is 0 Å². The Bertz CT molecular complexity index is 578. The van der Waals surface area contributed by atoms with Crippen LogP contribution in [-0.4, -0.2) is 12.6 Å². The molecule has 0 aliphatic carbocycles. The van der Waals surface area contributed by atoms with Crippen molar-refractivity contribution >= 4 is 0 Å². The Labute approximate surface area is 128 Å². The summed E-state index contributed by atoms with van der Waals surface area (Å²) in [6, 6.07) is 18.5. The van der Waals surface area contributed by atoms with E-state index in [9.17, 15) is 0 Å². The van der Waals surface area contributed by atoms with Crippen molar-refractivity contribution in [3.05, 3.63) is 70.8 Å². The molecule has 1 saturated heterocycles. The van der Waals surface area contributed by atoms with E-state index in [4.69, 9.17) is 0 Å². The summed E-state index contributed by atoms with van der Waals surface area (Å²) in [5, 5.41) is 3.73. The molecule has 3 rings (SSSR count). The van der Waals surface area contributed by atoms with E-state index < -0.39 is 0 Å². The van der Waals surface area contributed by atoms with Crippen LogP contribution in [0.25, 0.3) is 0 Å². The highest BCUT2D eigenvalue weighted by atomic mass is 15.0. The van der Waals surface area contributed by atoms with Gasteiger partial charge in [0.15, 0.2) is 0 Å². The van der Waals surface area contributed by atoms with Crippen LogP contribution < -0.4 is 5.32 Å². The predicted octanol–water partition coefficient (Wildman–Crippen LogP) is 4.36. The number of hydrogen-bond acceptors (Lipinski definition) is 1. The highest BCUT2D eigenvalue weighted by Crippen LogP contribution is 2.39. The van der Waals surface area contributed by atoms with Crippen molar-refractivity contribution in [3.63, 3.8) is 0 Å². The third-order valence-electron chi connectivity index (χ3n) is 4.99. The van der Waals surface area contributed by atoms with Crippen molar-refractivity contribution in [2.45, 2.75) is 45.1 Å². The van der Waals surface area contributed by atoms with Crippen LogP contribution in [0.3, 0.4) is 0 Å². The largest absolute Gasteiger partial charge is 0.313 e. The van der Waals surface area contributed by atoms with Crippen molar-refractivity contribution in [3.8, 4) is 0 Å². The molecular weight excluding hydrogens is 254 g/mol. The van der Waals surface area contributed by atoms with Crippen LogP contribution >= 0.6 is 0 Å². The normalized spacial score (nSPS) is 18.9. The van der Waals surface area contributed by atoms with Crippen LogP contribution in [0, 0.1) is 13.8 Å². The highest BCUT2D eigenvalue weighted by molar-refractivity contribution is 5.43. The Morgan fingerprint density at radius 3 is 1.95 bits per heavy atom. The van der Waals surface area contributed by atoms with Crippen molar-refractivity contribution < 1.29 is 0 Å². The summed E-state index contributed by atoms with van der Waals surface area (Å²) in [6.07, 6.45) is 2.52. The van der Waals surface area contributed by atoms with Crippen LogP contribution in [-0.2, 0) is 5.41 Å². The zero-order valence-electron chi connectivity index (χ0n) is 13.3. The Morgan fingerprint density at radius 1 is 0.952 bits per heavy atom. The van der Waals surface area contributed by atoms with Crippen LogP contribution in [0.2, 0.25) is 0 Å². The Kier molecular flexibility index (Phi) is 3.86. The maximum atomic E-state index is 3.73. The smallest absolute Gasteiger partial charge is 0.0327 e. The maximum absolute atomic E-state index is 3.73. The lowest BCUT2D eigenvalue weighted by atomic mass is 9.69. The van der Waals surface area contributed by atoms with Gasteiger partial charge in [0.05, 0.1) is 0 Å². The zero-order chi connectivity index (χ0) is 14.9. The van der Waals surface area contributed by atoms with Gasteiger partial charge in [-0.25, -0.2) is 0 Å². The molecule has 1 aliphatic heterocycles. The summed E-state index contributed by atoms with van der Waals surface area (Å²) in [6.45, 7) is 7.90. The molecule has 0 saturated carbocycles. The van der Waals surface area contributed by atoms with Gasteiger partial charge in [-0.3, -0.25) is 0 Å². The van der Waals surface area contributed by atoms with E-state index in [-0.39, 0.29) is 5.41 Å². The van der Waals surface area contributed by atoms with Gasteiger partial charge in [-0.1, -0.05) is 59.7 Å². The molecule has 0 spiro atoms. The molecule has 0 amide bonds. The van der Waals surface area contributed by atoms with Gasteiger partial charge in [-0.15, -0.1) is 0 Å². The summed E-state index contributed by atoms with van der Waals surface area (Å²) in [5.74, 6) is 0. The van der Waals surface area contributed by atoms with E-state index in [1.807, 2.05) is 0 Å². The molecule has 0 radical (unpaired) electrons. The van der Waals surface area contributed by atoms with Crippen LogP contribution in [0.4, 0.5) is 0 Å². The first-order valence-electron chi connectivity index (χ1n) is 7.98. The monoisotopic (exact) mass is 279 g/mol. The Balaban J connectivity index is 2.15. The standard InChI is InChI=1S/C20H25N/c1-15-7-4-9-17(13-15)20(3,19-11-6-12-21-19)18-10-5-8-16(2)14-18/h4-5,7-10,13-14,19,21H,6,11-12H2,1-3H3/t19-/m0/s1. The van der Waals surface area contributed by atoms with E-state index in [2.05, 4.69) is 74.6 Å². The van der Waals surface area contributed by atoms with E-state index in [0.717, 1.165) is 6.54 Å². The van der Waals surface area contributed by atoms with Gasteiger partial charge in [-0.05, 0) is 51.3 Å². The lowest BCUT2D eigenvalue weighted by molar-refractivity contribution is 0.406. The topological polar surface area (TPSA) is 12.0 Å². The molecule has 2 aromatic rings. The average Bonchev–Trinajstić information content (AvgIpc) is 3.01. The van der Waals surface area contributed by atoms with Crippen molar-refractivity contribution in [1.82, 2.24) is 5.32 Å². The summed E-state index contributed by atoms with van der Waals surface area (Å²) < 4.78 is 0. The summed E-state index contributed by atoms with van der Waals surface area (Å²) in [7, 11) is 0. The van der Waals surface area contributed by atoms with E-state index >= 15 is 0 Å². The number of benzene rings is 2. The molecule has 0 aromatic heterocycles. The summed E-state index contributed by atoms with van der Waals surface area (Å²) in [4.78, 5) is 0. The Morgan fingerprint density at radius 2 is 1.52 bits per heavy atom. The minimum absolute atomic E-state index is 0.0362. The van der Waals surface area contributed by atoms with Crippen LogP contribution in [0.1, 0.15) is 42.0 Å². The second-order valence-electron chi connectivity index (χ2n) is 6.59. The molecule has 110 valence electrons. The number of rotatable bonds is 3. The maximum Gasteiger partial charge on any atom is 0.0327 e. The minimum Gasteiger partial charge on any atom is -0.313 e. The fraction of sp³-hybridized carbons (Fsp3) is 0.400. The molecule has 1 heteroatoms. The molecule has 1 atom stereocenters. The molecule has 1 aliphatic rings. The van der Waals surface area contributed by atoms with Crippen LogP contribution in [0.5, 0.6) is 0 Å². The number of hydrogen-bond donors (Lipinski definition) is 1. The molecule has 2 aromatic carbocycles. The fourth-order valence-electron chi connectivity index (χ4n) is 3.68. The molecule has 1 N–H and O–H groups in total. The zero-order valence-corrected chi connectivity index (χ0v) is 13.3. The molecule has 0 bridgehead atoms. The van der Waals surface area contributed by atoms with Crippen molar-refractivity contribution in [2.75, 3.05) is 6.54 Å². The van der Waals surface area contributed by atoms with E-state index in [1.165, 1.54) is 35.1 Å². The lowest BCUT2D eigenvalue weighted by Crippen LogP contribution is -2.44. The molecule has 0 unspecified atom stereocenters. The second-order valence-corrected chi connectivity index (χ2v) is 6.59. The molecule has 1 heterocycles. The Hall–Kier alpha value is -1.60. The van der Waals surface area contributed by atoms with E-state index in [0.29, 0.717) is 6.04 Å². The minimum atomic E-state index is 0.0362. The quantitative estimate of drug-likeness (QED) is 0.880. The SMILES string of the molecule is Cc1cccc(C(C)(c2cccc(C)c2)[C@@H]2CCCN2)c1. The van der Waals surface area contributed by atoms with Gasteiger partial charge in [-0.2, -0.15) is 0 Å². The molecule has 1 fully saturated rings. The van der Waals surface area contributed by atoms with Gasteiger partial charge < -0.3 is 5.32 Å². The predicted molar refractivity (Wildman–Crippen MR) is 89.8 cm³/mol. The first kappa shape index (κ1) is 14.3. The van der Waals surface area contributed by atoms with Crippen LogP contribution in [0.15, 0.2) is 48.5 Å². The van der Waals surface area contributed by atoms with E-state index in [1.54, 1.807) is 0 Å². The first-order valence-corrected chi connectivity index (χ1v) is 7.98. The summed E-state index contributed by atoms with van der Waals surface area (Å²) in [5.41, 5.74) is 5.56. The van der Waals surface area contributed by atoms with Gasteiger partial charge in [0, 0.05) is 11.5 Å². The highest BCUT2D eigenvalue weighted by Gasteiger charge is 2.39. The number of nitrogens with one attached hydrogen (secondary N) is 1.